The molecule has 0 aliphatic heterocycles. The zero-order chi connectivity index (χ0) is 21.1. The van der Waals surface area contributed by atoms with E-state index in [9.17, 15) is 26.7 Å². The van der Waals surface area contributed by atoms with Gasteiger partial charge in [0.05, 0.1) is 0 Å². The summed E-state index contributed by atoms with van der Waals surface area (Å²) in [6.07, 6.45) is -4.82. The van der Waals surface area contributed by atoms with Crippen molar-refractivity contribution in [3.63, 3.8) is 0 Å². The SMILES string of the molecule is NN/C(C(=O)O)=C(\N)C(F)(F)c1ccc(-c2ccc(OC(F)(F)F)cc2)cc1. The van der Waals surface area contributed by atoms with Gasteiger partial charge in [-0.1, -0.05) is 36.4 Å². The van der Waals surface area contributed by atoms with Crippen LogP contribution in [-0.4, -0.2) is 17.4 Å². The van der Waals surface area contributed by atoms with Crippen LogP contribution >= 0.6 is 0 Å². The van der Waals surface area contributed by atoms with E-state index in [1.54, 1.807) is 5.43 Å². The van der Waals surface area contributed by atoms with Gasteiger partial charge in [-0.25, -0.2) is 4.79 Å². The molecule has 2 aromatic carbocycles. The van der Waals surface area contributed by atoms with Crippen molar-refractivity contribution >= 4 is 5.97 Å². The van der Waals surface area contributed by atoms with Gasteiger partial charge in [-0.2, -0.15) is 8.78 Å². The molecular formula is C17H14F5N3O3. The third-order valence-corrected chi connectivity index (χ3v) is 3.63. The third kappa shape index (κ3) is 4.68. The van der Waals surface area contributed by atoms with Crippen molar-refractivity contribution in [2.45, 2.75) is 12.3 Å². The molecule has 0 fully saturated rings. The Labute approximate surface area is 155 Å². The van der Waals surface area contributed by atoms with Crippen LogP contribution in [0.5, 0.6) is 5.75 Å². The molecule has 0 radical (unpaired) electrons. The number of carboxylic acids is 1. The standard InChI is InChI=1S/C17H14F5N3O3/c18-16(19,14(23)13(25-24)15(26)27)11-5-1-9(2-6-11)10-3-7-12(8-4-10)28-17(20,21)22/h1-8,25H,23-24H2,(H,26,27)/b14-13-. The van der Waals surface area contributed by atoms with Crippen molar-refractivity contribution in [3.05, 3.63) is 65.5 Å². The lowest BCUT2D eigenvalue weighted by molar-refractivity contribution is -0.274. The van der Waals surface area contributed by atoms with Gasteiger partial charge < -0.3 is 21.0 Å². The molecule has 0 bridgehead atoms. The molecular weight excluding hydrogens is 389 g/mol. The first-order valence-corrected chi connectivity index (χ1v) is 7.50. The lowest BCUT2D eigenvalue weighted by Gasteiger charge is -2.19. The van der Waals surface area contributed by atoms with Crippen molar-refractivity contribution < 1.29 is 36.6 Å². The summed E-state index contributed by atoms with van der Waals surface area (Å²) in [7, 11) is 0. The van der Waals surface area contributed by atoms with E-state index >= 15 is 0 Å². The maximum absolute atomic E-state index is 14.4. The van der Waals surface area contributed by atoms with Gasteiger partial charge in [0.15, 0.2) is 5.70 Å². The van der Waals surface area contributed by atoms with Crippen LogP contribution in [0.25, 0.3) is 11.1 Å². The summed E-state index contributed by atoms with van der Waals surface area (Å²) in [4.78, 5) is 10.9. The molecule has 0 saturated heterocycles. The van der Waals surface area contributed by atoms with E-state index in [0.717, 1.165) is 24.3 Å². The van der Waals surface area contributed by atoms with Crippen molar-refractivity contribution in [1.29, 1.82) is 0 Å². The number of rotatable bonds is 6. The highest BCUT2D eigenvalue weighted by Gasteiger charge is 2.38. The van der Waals surface area contributed by atoms with Gasteiger partial charge >= 0.3 is 18.3 Å². The second-order valence-electron chi connectivity index (χ2n) is 5.46. The van der Waals surface area contributed by atoms with Crippen LogP contribution in [-0.2, 0) is 10.7 Å². The number of carboxylic acid groups (broad SMARTS) is 1. The summed E-state index contributed by atoms with van der Waals surface area (Å²) in [6, 6.07) is 9.40. The van der Waals surface area contributed by atoms with Crippen molar-refractivity contribution in [3.8, 4) is 16.9 Å². The van der Waals surface area contributed by atoms with Crippen LogP contribution in [0.4, 0.5) is 22.0 Å². The van der Waals surface area contributed by atoms with Crippen LogP contribution in [0, 0.1) is 0 Å². The van der Waals surface area contributed by atoms with Crippen LogP contribution in [0.2, 0.25) is 0 Å². The van der Waals surface area contributed by atoms with Crippen LogP contribution in [0.15, 0.2) is 59.9 Å². The third-order valence-electron chi connectivity index (χ3n) is 3.63. The number of allylic oxidation sites excluding steroid dienone is 1. The minimum absolute atomic E-state index is 0.423. The Morgan fingerprint density at radius 2 is 1.39 bits per heavy atom. The Hall–Kier alpha value is -3.34. The number of aliphatic carboxylic acids is 1. The number of ether oxygens (including phenoxy) is 1. The Bertz CT molecular complexity index is 878. The molecule has 11 heteroatoms. The maximum Gasteiger partial charge on any atom is 0.573 e. The maximum atomic E-state index is 14.4. The molecule has 28 heavy (non-hydrogen) atoms. The molecule has 0 unspecified atom stereocenters. The van der Waals surface area contributed by atoms with Crippen LogP contribution in [0.3, 0.4) is 0 Å². The minimum atomic E-state index is -4.82. The number of nitrogens with one attached hydrogen (secondary N) is 1. The van der Waals surface area contributed by atoms with E-state index in [2.05, 4.69) is 4.74 Å². The highest BCUT2D eigenvalue weighted by Crippen LogP contribution is 2.35. The number of hydrogen-bond acceptors (Lipinski definition) is 5. The van der Waals surface area contributed by atoms with Gasteiger partial charge in [0, 0.05) is 5.56 Å². The van der Waals surface area contributed by atoms with E-state index in [0.29, 0.717) is 11.1 Å². The van der Waals surface area contributed by atoms with E-state index in [4.69, 9.17) is 16.7 Å². The summed E-state index contributed by atoms with van der Waals surface area (Å²) in [5.74, 6) is -1.09. The molecule has 6 nitrogen and oxygen atoms in total. The normalized spacial score (nSPS) is 12.9. The Morgan fingerprint density at radius 1 is 0.929 bits per heavy atom. The molecule has 0 saturated carbocycles. The molecule has 0 aliphatic carbocycles. The van der Waals surface area contributed by atoms with E-state index in [1.807, 2.05) is 0 Å². The number of benzene rings is 2. The van der Waals surface area contributed by atoms with Crippen molar-refractivity contribution in [2.24, 2.45) is 11.6 Å². The first-order valence-electron chi connectivity index (χ1n) is 7.50. The summed E-state index contributed by atoms with van der Waals surface area (Å²) in [5, 5.41) is 8.85. The van der Waals surface area contributed by atoms with Gasteiger partial charge in [-0.15, -0.1) is 13.2 Å². The van der Waals surface area contributed by atoms with Gasteiger partial charge in [-0.05, 0) is 23.3 Å². The first kappa shape index (κ1) is 21.0. The van der Waals surface area contributed by atoms with E-state index in [1.165, 1.54) is 24.3 Å². The number of halogens is 5. The molecule has 0 atom stereocenters. The quantitative estimate of drug-likeness (QED) is 0.255. The smallest absolute Gasteiger partial charge is 0.476 e. The van der Waals surface area contributed by atoms with Crippen molar-refractivity contribution in [1.82, 2.24) is 5.43 Å². The predicted octanol–water partition coefficient (Wildman–Crippen LogP) is 3.06. The lowest BCUT2D eigenvalue weighted by Crippen LogP contribution is -2.35. The molecule has 2 rings (SSSR count). The molecule has 0 aromatic heterocycles. The second-order valence-corrected chi connectivity index (χ2v) is 5.46. The Kier molecular flexibility index (Phi) is 5.78. The molecule has 0 spiro atoms. The minimum Gasteiger partial charge on any atom is -0.476 e. The zero-order valence-corrected chi connectivity index (χ0v) is 13.9. The summed E-state index contributed by atoms with van der Waals surface area (Å²) in [5.41, 5.74) is 4.83. The van der Waals surface area contributed by atoms with E-state index in [-0.39, 0.29) is 0 Å². The number of hydrazine groups is 1. The van der Waals surface area contributed by atoms with Gasteiger partial charge in [0.25, 0.3) is 0 Å². The van der Waals surface area contributed by atoms with Crippen LogP contribution in [0.1, 0.15) is 5.56 Å². The Balaban J connectivity index is 2.29. The largest absolute Gasteiger partial charge is 0.573 e. The molecule has 6 N–H and O–H groups in total. The highest BCUT2D eigenvalue weighted by molar-refractivity contribution is 5.87. The topological polar surface area (TPSA) is 111 Å². The Morgan fingerprint density at radius 3 is 1.79 bits per heavy atom. The fourth-order valence-corrected chi connectivity index (χ4v) is 2.29. The van der Waals surface area contributed by atoms with Gasteiger partial charge in [0.1, 0.15) is 11.4 Å². The molecule has 2 aromatic rings. The molecule has 150 valence electrons. The fourth-order valence-electron chi connectivity index (χ4n) is 2.29. The van der Waals surface area contributed by atoms with Crippen molar-refractivity contribution in [2.75, 3.05) is 0 Å². The van der Waals surface area contributed by atoms with Crippen LogP contribution < -0.4 is 21.7 Å². The lowest BCUT2D eigenvalue weighted by atomic mass is 9.99. The highest BCUT2D eigenvalue weighted by atomic mass is 19.4. The van der Waals surface area contributed by atoms with Gasteiger partial charge in [0.2, 0.25) is 0 Å². The molecule has 0 aliphatic rings. The monoisotopic (exact) mass is 403 g/mol. The first-order chi connectivity index (χ1) is 13.0. The summed E-state index contributed by atoms with van der Waals surface area (Å²) in [6.45, 7) is 0. The average Bonchev–Trinajstić information content (AvgIpc) is 2.61. The summed E-state index contributed by atoms with van der Waals surface area (Å²) < 4.78 is 69.1. The average molecular weight is 403 g/mol. The number of carbonyl (C=O) groups is 1. The molecule has 0 heterocycles. The van der Waals surface area contributed by atoms with E-state index < -0.39 is 41.0 Å². The second kappa shape index (κ2) is 7.72. The number of alkyl halides is 5. The number of nitrogens with two attached hydrogens (primary N) is 2. The zero-order valence-electron chi connectivity index (χ0n) is 13.9. The van der Waals surface area contributed by atoms with Gasteiger partial charge in [-0.3, -0.25) is 5.84 Å². The fraction of sp³-hybridized carbons (Fsp3) is 0.118. The number of hydrogen-bond donors (Lipinski definition) is 4. The summed E-state index contributed by atoms with van der Waals surface area (Å²) >= 11 is 0. The molecule has 0 amide bonds. The predicted molar refractivity (Wildman–Crippen MR) is 88.6 cm³/mol.